The van der Waals surface area contributed by atoms with Gasteiger partial charge in [0.05, 0.1) is 24.2 Å². The molecule has 0 rings (SSSR count). The average Bonchev–Trinajstić information content (AvgIpc) is 1.99. The van der Waals surface area contributed by atoms with Crippen molar-refractivity contribution >= 4 is 11.9 Å². The van der Waals surface area contributed by atoms with E-state index in [1.807, 2.05) is 0 Å². The third-order valence-corrected chi connectivity index (χ3v) is 0.632. The van der Waals surface area contributed by atoms with Crippen molar-refractivity contribution in [2.24, 2.45) is 0 Å². The first-order valence-electron chi connectivity index (χ1n) is 5.25. The fraction of sp³-hybridized carbons (Fsp3) is 0.800. The van der Waals surface area contributed by atoms with Gasteiger partial charge < -0.3 is 36.4 Å². The Hall–Kier alpha value is -1.18. The Kier molecular flexibility index (Phi) is 16.0. The van der Waals surface area contributed by atoms with Gasteiger partial charge in [0.2, 0.25) is 0 Å². The Labute approximate surface area is 101 Å². The predicted molar refractivity (Wildman–Crippen MR) is 56.7 cm³/mol. The van der Waals surface area contributed by atoms with E-state index in [-0.39, 0.29) is 0 Å². The van der Waals surface area contributed by atoms with Gasteiger partial charge in [0.1, 0.15) is 0 Å². The molecule has 0 saturated heterocycles. The monoisotopic (exact) mass is 252 g/mol. The van der Waals surface area contributed by atoms with Crippen LogP contribution in [0, 0.1) is 0 Å². The van der Waals surface area contributed by atoms with Gasteiger partial charge in [-0.25, -0.2) is 0 Å². The largest absolute Gasteiger partial charge is 0.550 e. The number of aliphatic hydroxyl groups excluding tert-OH is 1. The first kappa shape index (κ1) is 21.1. The lowest BCUT2D eigenvalue weighted by atomic mass is 10.3. The zero-order chi connectivity index (χ0) is 14.6. The molecule has 7 nitrogen and oxygen atoms in total. The maximum absolute atomic E-state index is 9.58. The summed E-state index contributed by atoms with van der Waals surface area (Å²) < 4.78 is 0. The van der Waals surface area contributed by atoms with Crippen LogP contribution in [0.2, 0.25) is 0 Å². The van der Waals surface area contributed by atoms with Crippen LogP contribution < -0.4 is 21.7 Å². The molecule has 17 heavy (non-hydrogen) atoms. The van der Waals surface area contributed by atoms with Crippen LogP contribution in [0.1, 0.15) is 34.1 Å². The molecule has 0 aliphatic rings. The second-order valence-electron chi connectivity index (χ2n) is 4.20. The molecule has 0 radical (unpaired) electrons. The van der Waals surface area contributed by atoms with Crippen LogP contribution in [0.25, 0.3) is 0 Å². The topological polar surface area (TPSA) is 156 Å². The SMILES string of the molecule is CC(C)[NH3+].CC(C)[NH3+].O=C([O-])CC(O)C(=O)[O-]. The molecule has 1 atom stereocenters. The minimum Gasteiger partial charge on any atom is -0.550 e. The second-order valence-corrected chi connectivity index (χ2v) is 4.20. The quantitative estimate of drug-likeness (QED) is 0.461. The molecule has 0 fully saturated rings. The molecule has 0 saturated carbocycles. The van der Waals surface area contributed by atoms with Crippen LogP contribution in [0.3, 0.4) is 0 Å². The summed E-state index contributed by atoms with van der Waals surface area (Å²) in [7, 11) is 0. The van der Waals surface area contributed by atoms with Gasteiger partial charge in [-0.15, -0.1) is 0 Å². The first-order chi connectivity index (χ1) is 7.50. The molecule has 0 spiro atoms. The zero-order valence-corrected chi connectivity index (χ0v) is 10.9. The summed E-state index contributed by atoms with van der Waals surface area (Å²) in [5.74, 6) is -3.43. The van der Waals surface area contributed by atoms with Gasteiger partial charge in [-0.2, -0.15) is 0 Å². The Morgan fingerprint density at radius 2 is 1.29 bits per heavy atom. The second kappa shape index (κ2) is 12.9. The number of carbonyl (C=O) groups is 2. The van der Waals surface area contributed by atoms with Crippen molar-refractivity contribution in [3.63, 3.8) is 0 Å². The van der Waals surface area contributed by atoms with Gasteiger partial charge in [0, 0.05) is 12.4 Å². The first-order valence-corrected chi connectivity index (χ1v) is 5.25. The molecule has 0 aromatic carbocycles. The number of quaternary nitrogens is 2. The molecule has 0 amide bonds. The highest BCUT2D eigenvalue weighted by molar-refractivity contribution is 5.76. The lowest BCUT2D eigenvalue weighted by Gasteiger charge is -2.10. The number of carboxylic acid groups (broad SMARTS) is 2. The highest BCUT2D eigenvalue weighted by atomic mass is 16.4. The molecule has 7 N–H and O–H groups in total. The van der Waals surface area contributed by atoms with Gasteiger partial charge in [0.25, 0.3) is 0 Å². The third kappa shape index (κ3) is 52.4. The molecule has 0 aromatic heterocycles. The van der Waals surface area contributed by atoms with E-state index in [0.29, 0.717) is 12.1 Å². The third-order valence-electron chi connectivity index (χ3n) is 0.632. The molecule has 0 heterocycles. The molecule has 0 aliphatic carbocycles. The summed E-state index contributed by atoms with van der Waals surface area (Å²) >= 11 is 0. The minimum atomic E-state index is -1.96. The molecular formula is C10H24N2O5. The molecule has 7 heteroatoms. The summed E-state index contributed by atoms with van der Waals surface area (Å²) in [5.41, 5.74) is 7.28. The van der Waals surface area contributed by atoms with E-state index in [1.165, 1.54) is 0 Å². The Morgan fingerprint density at radius 3 is 1.35 bits per heavy atom. The number of hydrogen-bond acceptors (Lipinski definition) is 5. The van der Waals surface area contributed by atoms with E-state index in [9.17, 15) is 19.8 Å². The van der Waals surface area contributed by atoms with Crippen molar-refractivity contribution in [3.05, 3.63) is 0 Å². The van der Waals surface area contributed by atoms with Gasteiger partial charge in [-0.1, -0.05) is 0 Å². The van der Waals surface area contributed by atoms with Crippen LogP contribution in [0.5, 0.6) is 0 Å². The highest BCUT2D eigenvalue weighted by Gasteiger charge is 2.03. The van der Waals surface area contributed by atoms with E-state index >= 15 is 0 Å². The zero-order valence-electron chi connectivity index (χ0n) is 10.9. The number of carboxylic acids is 2. The Morgan fingerprint density at radius 1 is 1.06 bits per heavy atom. The number of hydrogen-bond donors (Lipinski definition) is 3. The lowest BCUT2D eigenvalue weighted by molar-refractivity contribution is -0.408. The molecule has 104 valence electrons. The summed E-state index contributed by atoms with van der Waals surface area (Å²) in [6.07, 6.45) is -2.89. The molecular weight excluding hydrogens is 228 g/mol. The number of rotatable bonds is 3. The molecule has 1 unspecified atom stereocenters. The smallest absolute Gasteiger partial charge is 0.0985 e. The summed E-state index contributed by atoms with van der Waals surface area (Å²) in [4.78, 5) is 19.1. The lowest BCUT2D eigenvalue weighted by Crippen LogP contribution is -2.57. The average molecular weight is 252 g/mol. The van der Waals surface area contributed by atoms with E-state index in [4.69, 9.17) is 5.11 Å². The number of carbonyl (C=O) groups excluding carboxylic acids is 2. The van der Waals surface area contributed by atoms with Crippen LogP contribution in [-0.2, 0) is 9.59 Å². The van der Waals surface area contributed by atoms with Crippen molar-refractivity contribution < 1.29 is 36.4 Å². The van der Waals surface area contributed by atoms with E-state index in [1.54, 1.807) is 0 Å². The maximum Gasteiger partial charge on any atom is 0.0985 e. The van der Waals surface area contributed by atoms with Gasteiger partial charge in [0.15, 0.2) is 0 Å². The van der Waals surface area contributed by atoms with Crippen molar-refractivity contribution in [2.45, 2.75) is 52.3 Å². The van der Waals surface area contributed by atoms with E-state index in [0.717, 1.165) is 0 Å². The molecule has 0 aliphatic heterocycles. The fourth-order valence-corrected chi connectivity index (χ4v) is 0.241. The van der Waals surface area contributed by atoms with Gasteiger partial charge >= 0.3 is 0 Å². The molecule has 0 aromatic rings. The summed E-state index contributed by atoms with van der Waals surface area (Å²) in [6.45, 7) is 8.22. The summed E-state index contributed by atoms with van der Waals surface area (Å²) in [6, 6.07) is 1.17. The van der Waals surface area contributed by atoms with Crippen molar-refractivity contribution in [1.82, 2.24) is 0 Å². The Bertz CT molecular complexity index is 195. The summed E-state index contributed by atoms with van der Waals surface area (Å²) in [5, 5.41) is 27.3. The van der Waals surface area contributed by atoms with Gasteiger partial charge in [-0.05, 0) is 27.7 Å². The van der Waals surface area contributed by atoms with Crippen LogP contribution >= 0.6 is 0 Å². The highest BCUT2D eigenvalue weighted by Crippen LogP contribution is 1.85. The molecule has 0 bridgehead atoms. The van der Waals surface area contributed by atoms with Gasteiger partial charge in [-0.3, -0.25) is 0 Å². The fourth-order valence-electron chi connectivity index (χ4n) is 0.241. The number of aliphatic carboxylic acids is 2. The minimum absolute atomic E-state index is 0.583. The predicted octanol–water partition coefficient (Wildman–Crippen LogP) is -4.49. The van der Waals surface area contributed by atoms with Crippen LogP contribution in [0.15, 0.2) is 0 Å². The normalized spacial score (nSPS) is 10.9. The van der Waals surface area contributed by atoms with Crippen molar-refractivity contribution in [3.8, 4) is 0 Å². The van der Waals surface area contributed by atoms with E-state index in [2.05, 4.69) is 39.2 Å². The van der Waals surface area contributed by atoms with Crippen LogP contribution in [-0.4, -0.2) is 35.2 Å². The Balaban J connectivity index is -0.000000205. The van der Waals surface area contributed by atoms with Crippen molar-refractivity contribution in [2.75, 3.05) is 0 Å². The standard InChI is InChI=1S/C4H6O5.2C3H9N/c5-2(4(8)9)1-3(6)7;2*1-3(2)4/h2,5H,1H2,(H,6,7)(H,8,9);2*3H,4H2,1-2H3. The van der Waals surface area contributed by atoms with Crippen molar-refractivity contribution in [1.29, 1.82) is 0 Å². The van der Waals surface area contributed by atoms with Crippen LogP contribution in [0.4, 0.5) is 0 Å². The number of aliphatic hydroxyl groups is 1. The maximum atomic E-state index is 9.58. The van der Waals surface area contributed by atoms with E-state index < -0.39 is 24.5 Å².